The molecule has 1 aromatic carbocycles. The van der Waals surface area contributed by atoms with E-state index in [2.05, 4.69) is 21.0 Å². The SMILES string of the molecule is O=[N+]([O-])c1cc(Br)ccc1-n1ccc(C(F)(F)F)n1. The van der Waals surface area contributed by atoms with Crippen molar-refractivity contribution in [2.75, 3.05) is 0 Å². The predicted molar refractivity (Wildman–Crippen MR) is 62.9 cm³/mol. The Hall–Kier alpha value is -1.90. The van der Waals surface area contributed by atoms with Gasteiger partial charge >= 0.3 is 6.18 Å². The van der Waals surface area contributed by atoms with Crippen molar-refractivity contribution in [3.63, 3.8) is 0 Å². The molecule has 100 valence electrons. The van der Waals surface area contributed by atoms with Crippen LogP contribution in [-0.4, -0.2) is 14.7 Å². The third-order valence-corrected chi connectivity index (χ3v) is 2.75. The van der Waals surface area contributed by atoms with E-state index in [-0.39, 0.29) is 11.4 Å². The molecule has 0 radical (unpaired) electrons. The molecule has 2 rings (SSSR count). The third-order valence-electron chi connectivity index (χ3n) is 2.26. The van der Waals surface area contributed by atoms with E-state index in [9.17, 15) is 23.3 Å². The van der Waals surface area contributed by atoms with Gasteiger partial charge in [0, 0.05) is 16.7 Å². The molecule has 0 saturated carbocycles. The van der Waals surface area contributed by atoms with Gasteiger partial charge < -0.3 is 0 Å². The number of halogens is 4. The molecule has 0 aliphatic carbocycles. The van der Waals surface area contributed by atoms with Gasteiger partial charge in [0.15, 0.2) is 5.69 Å². The normalized spacial score (nSPS) is 11.6. The van der Waals surface area contributed by atoms with Crippen molar-refractivity contribution in [2.45, 2.75) is 6.18 Å². The zero-order valence-corrected chi connectivity index (χ0v) is 10.6. The van der Waals surface area contributed by atoms with Crippen LogP contribution in [0.1, 0.15) is 5.69 Å². The summed E-state index contributed by atoms with van der Waals surface area (Å²) in [5.41, 5.74) is -1.49. The average Bonchev–Trinajstić information content (AvgIpc) is 2.77. The lowest BCUT2D eigenvalue weighted by atomic mass is 10.3. The Labute approximate surface area is 112 Å². The monoisotopic (exact) mass is 335 g/mol. The Balaban J connectivity index is 2.53. The Morgan fingerprint density at radius 2 is 2.00 bits per heavy atom. The molecule has 9 heteroatoms. The van der Waals surface area contributed by atoms with Crippen LogP contribution in [0.4, 0.5) is 18.9 Å². The van der Waals surface area contributed by atoms with Gasteiger partial charge in [-0.25, -0.2) is 4.68 Å². The minimum atomic E-state index is -4.59. The summed E-state index contributed by atoms with van der Waals surface area (Å²) in [4.78, 5) is 10.2. The highest BCUT2D eigenvalue weighted by Gasteiger charge is 2.34. The lowest BCUT2D eigenvalue weighted by Crippen LogP contribution is -2.08. The van der Waals surface area contributed by atoms with E-state index in [1.165, 1.54) is 18.2 Å². The molecule has 2 aromatic rings. The van der Waals surface area contributed by atoms with Crippen LogP contribution in [0.2, 0.25) is 0 Å². The van der Waals surface area contributed by atoms with Crippen LogP contribution in [0.25, 0.3) is 5.69 Å². The van der Waals surface area contributed by atoms with Crippen LogP contribution in [0.15, 0.2) is 34.9 Å². The first kappa shape index (κ1) is 13.5. The molecule has 0 amide bonds. The van der Waals surface area contributed by atoms with Crippen LogP contribution < -0.4 is 0 Å². The number of hydrogen-bond acceptors (Lipinski definition) is 3. The highest BCUT2D eigenvalue weighted by molar-refractivity contribution is 9.10. The largest absolute Gasteiger partial charge is 0.435 e. The first-order valence-corrected chi connectivity index (χ1v) is 5.65. The van der Waals surface area contributed by atoms with Crippen molar-refractivity contribution in [2.24, 2.45) is 0 Å². The van der Waals surface area contributed by atoms with Gasteiger partial charge in [-0.05, 0) is 18.2 Å². The fourth-order valence-electron chi connectivity index (χ4n) is 1.45. The molecular weight excluding hydrogens is 331 g/mol. The van der Waals surface area contributed by atoms with E-state index >= 15 is 0 Å². The van der Waals surface area contributed by atoms with Crippen LogP contribution in [0.5, 0.6) is 0 Å². The van der Waals surface area contributed by atoms with E-state index in [0.717, 1.165) is 16.9 Å². The second-order valence-corrected chi connectivity index (χ2v) is 4.45. The lowest BCUT2D eigenvalue weighted by molar-refractivity contribution is -0.384. The molecule has 5 nitrogen and oxygen atoms in total. The summed E-state index contributed by atoms with van der Waals surface area (Å²) in [6.45, 7) is 0. The third kappa shape index (κ3) is 2.75. The number of benzene rings is 1. The van der Waals surface area contributed by atoms with Crippen LogP contribution >= 0.6 is 15.9 Å². The number of nitro groups is 1. The van der Waals surface area contributed by atoms with Crippen molar-refractivity contribution >= 4 is 21.6 Å². The van der Waals surface area contributed by atoms with E-state index < -0.39 is 16.8 Å². The Bertz CT molecular complexity index is 639. The minimum Gasteiger partial charge on any atom is -0.258 e. The molecule has 19 heavy (non-hydrogen) atoms. The van der Waals surface area contributed by atoms with Crippen molar-refractivity contribution in [3.05, 3.63) is 50.7 Å². The maximum atomic E-state index is 12.4. The van der Waals surface area contributed by atoms with Crippen molar-refractivity contribution in [1.29, 1.82) is 0 Å². The van der Waals surface area contributed by atoms with E-state index in [1.54, 1.807) is 0 Å². The second kappa shape index (κ2) is 4.65. The van der Waals surface area contributed by atoms with E-state index in [0.29, 0.717) is 4.47 Å². The molecule has 0 N–H and O–H groups in total. The van der Waals surface area contributed by atoms with Gasteiger partial charge in [0.05, 0.1) is 4.92 Å². The van der Waals surface area contributed by atoms with Crippen molar-refractivity contribution < 1.29 is 18.1 Å². The molecule has 0 spiro atoms. The summed E-state index contributed by atoms with van der Waals surface area (Å²) < 4.78 is 38.5. The highest BCUT2D eigenvalue weighted by Crippen LogP contribution is 2.30. The van der Waals surface area contributed by atoms with Gasteiger partial charge in [0.2, 0.25) is 0 Å². The summed E-state index contributed by atoms with van der Waals surface area (Å²) in [7, 11) is 0. The first-order chi connectivity index (χ1) is 8.79. The minimum absolute atomic E-state index is 0.0382. The van der Waals surface area contributed by atoms with Gasteiger partial charge in [-0.1, -0.05) is 15.9 Å². The first-order valence-electron chi connectivity index (χ1n) is 4.86. The number of nitrogens with zero attached hydrogens (tertiary/aromatic N) is 3. The van der Waals surface area contributed by atoms with Gasteiger partial charge in [-0.15, -0.1) is 0 Å². The quantitative estimate of drug-likeness (QED) is 0.622. The van der Waals surface area contributed by atoms with Gasteiger partial charge in [-0.3, -0.25) is 10.1 Å². The smallest absolute Gasteiger partial charge is 0.258 e. The Morgan fingerprint density at radius 1 is 1.32 bits per heavy atom. The van der Waals surface area contributed by atoms with E-state index in [4.69, 9.17) is 0 Å². The number of alkyl halides is 3. The molecule has 0 aliphatic rings. The second-order valence-electron chi connectivity index (χ2n) is 3.53. The fraction of sp³-hybridized carbons (Fsp3) is 0.100. The van der Waals surface area contributed by atoms with Crippen molar-refractivity contribution in [3.8, 4) is 5.69 Å². The Morgan fingerprint density at radius 3 is 2.53 bits per heavy atom. The summed E-state index contributed by atoms with van der Waals surface area (Å²) in [5.74, 6) is 0. The predicted octanol–water partition coefficient (Wildman–Crippen LogP) is 3.56. The molecule has 0 fully saturated rings. The van der Waals surface area contributed by atoms with Crippen molar-refractivity contribution in [1.82, 2.24) is 9.78 Å². The summed E-state index contributed by atoms with van der Waals surface area (Å²) >= 11 is 3.06. The molecule has 0 bridgehead atoms. The molecule has 0 aliphatic heterocycles. The topological polar surface area (TPSA) is 61.0 Å². The fourth-order valence-corrected chi connectivity index (χ4v) is 1.79. The Kier molecular flexibility index (Phi) is 3.31. The number of aromatic nitrogens is 2. The standard InChI is InChI=1S/C10H5BrF3N3O2/c11-6-1-2-7(8(5-6)17(18)19)16-4-3-9(15-16)10(12,13)14/h1-5H. The molecule has 1 heterocycles. The van der Waals surface area contributed by atoms with Gasteiger partial charge in [-0.2, -0.15) is 18.3 Å². The number of hydrogen-bond donors (Lipinski definition) is 0. The molecule has 0 unspecified atom stereocenters. The average molecular weight is 336 g/mol. The summed E-state index contributed by atoms with van der Waals surface area (Å²) in [6, 6.07) is 4.75. The summed E-state index contributed by atoms with van der Waals surface area (Å²) in [5, 5.41) is 14.2. The lowest BCUT2D eigenvalue weighted by Gasteiger charge is -2.04. The molecule has 0 atom stereocenters. The molecule has 0 saturated heterocycles. The van der Waals surface area contributed by atoms with Gasteiger partial charge in [0.1, 0.15) is 5.69 Å². The maximum absolute atomic E-state index is 12.4. The van der Waals surface area contributed by atoms with Gasteiger partial charge in [0.25, 0.3) is 5.69 Å². The molecule has 1 aromatic heterocycles. The summed E-state index contributed by atoms with van der Waals surface area (Å²) in [6.07, 6.45) is -3.56. The van der Waals surface area contributed by atoms with Crippen LogP contribution in [0, 0.1) is 10.1 Å². The number of nitro benzene ring substituents is 1. The zero-order valence-electron chi connectivity index (χ0n) is 9.06. The number of rotatable bonds is 2. The van der Waals surface area contributed by atoms with Crippen LogP contribution in [0.3, 0.4) is 0 Å². The van der Waals surface area contributed by atoms with E-state index in [1.807, 2.05) is 0 Å². The maximum Gasteiger partial charge on any atom is 0.435 e. The zero-order chi connectivity index (χ0) is 14.2. The van der Waals surface area contributed by atoms with Crippen LogP contribution in [-0.2, 0) is 6.18 Å². The molecular formula is C10H5BrF3N3O2. The highest BCUT2D eigenvalue weighted by atomic mass is 79.9.